The Bertz CT molecular complexity index is 584. The molecule has 5 heteroatoms. The molecule has 0 aliphatic carbocycles. The molecule has 0 atom stereocenters. The van der Waals surface area contributed by atoms with Gasteiger partial charge in [0.2, 0.25) is 5.91 Å². The second kappa shape index (κ2) is 5.00. The molecule has 0 fully saturated rings. The first-order valence-electron chi connectivity index (χ1n) is 5.31. The van der Waals surface area contributed by atoms with Gasteiger partial charge in [0.15, 0.2) is 0 Å². The van der Waals surface area contributed by atoms with Crippen molar-refractivity contribution < 1.29 is 18.3 Å². The Morgan fingerprint density at radius 1 is 1.28 bits per heavy atom. The van der Waals surface area contributed by atoms with Crippen molar-refractivity contribution in [2.75, 3.05) is 5.32 Å². The summed E-state index contributed by atoms with van der Waals surface area (Å²) in [5.41, 5.74) is 0.569. The number of alkyl halides is 2. The zero-order chi connectivity index (χ0) is 13.1. The van der Waals surface area contributed by atoms with E-state index in [0.717, 1.165) is 5.39 Å². The molecule has 0 radical (unpaired) electrons. The van der Waals surface area contributed by atoms with Gasteiger partial charge in [-0.3, -0.25) is 4.79 Å². The lowest BCUT2D eigenvalue weighted by atomic mass is 10.1. The van der Waals surface area contributed by atoms with Crippen molar-refractivity contribution >= 4 is 22.4 Å². The summed E-state index contributed by atoms with van der Waals surface area (Å²) in [6.45, 7) is -1.48. The van der Waals surface area contributed by atoms with E-state index < -0.39 is 6.61 Å². The van der Waals surface area contributed by atoms with Gasteiger partial charge in [-0.1, -0.05) is 18.2 Å². The SMILES string of the molecule is CC(=O)Nc1cccc2ccc(OC(F)F)cc12. The molecule has 0 bridgehead atoms. The molecule has 94 valence electrons. The number of benzene rings is 2. The van der Waals surface area contributed by atoms with Gasteiger partial charge in [0.05, 0.1) is 0 Å². The molecule has 0 spiro atoms. The van der Waals surface area contributed by atoms with Crippen LogP contribution in [0.1, 0.15) is 6.92 Å². The van der Waals surface area contributed by atoms with Crippen LogP contribution in [0.25, 0.3) is 10.8 Å². The van der Waals surface area contributed by atoms with E-state index in [1.54, 1.807) is 18.2 Å². The molecule has 1 N–H and O–H groups in total. The van der Waals surface area contributed by atoms with Crippen molar-refractivity contribution in [3.8, 4) is 5.75 Å². The highest BCUT2D eigenvalue weighted by Gasteiger charge is 2.07. The summed E-state index contributed by atoms with van der Waals surface area (Å²) in [4.78, 5) is 11.1. The molecule has 0 saturated carbocycles. The van der Waals surface area contributed by atoms with Gasteiger partial charge < -0.3 is 10.1 Å². The molecule has 18 heavy (non-hydrogen) atoms. The van der Waals surface area contributed by atoms with Gasteiger partial charge >= 0.3 is 6.61 Å². The molecular weight excluding hydrogens is 240 g/mol. The summed E-state index contributed by atoms with van der Waals surface area (Å²) < 4.78 is 28.6. The maximum atomic E-state index is 12.1. The van der Waals surface area contributed by atoms with E-state index in [0.29, 0.717) is 11.1 Å². The van der Waals surface area contributed by atoms with Gasteiger partial charge in [-0.2, -0.15) is 8.78 Å². The van der Waals surface area contributed by atoms with Crippen molar-refractivity contribution in [2.45, 2.75) is 13.5 Å². The maximum absolute atomic E-state index is 12.1. The number of rotatable bonds is 3. The van der Waals surface area contributed by atoms with Gasteiger partial charge in [0, 0.05) is 18.0 Å². The smallest absolute Gasteiger partial charge is 0.387 e. The minimum absolute atomic E-state index is 0.0651. The minimum Gasteiger partial charge on any atom is -0.435 e. The standard InChI is InChI=1S/C13H11F2NO2/c1-8(17)16-12-4-2-3-9-5-6-10(7-11(9)12)18-13(14)15/h2-7,13H,1H3,(H,16,17). The summed E-state index contributed by atoms with van der Waals surface area (Å²) in [6.07, 6.45) is 0. The van der Waals surface area contributed by atoms with Gasteiger partial charge in [-0.15, -0.1) is 0 Å². The predicted octanol–water partition coefficient (Wildman–Crippen LogP) is 3.40. The summed E-state index contributed by atoms with van der Waals surface area (Å²) >= 11 is 0. The van der Waals surface area contributed by atoms with Crippen molar-refractivity contribution in [1.82, 2.24) is 0 Å². The fourth-order valence-electron chi connectivity index (χ4n) is 1.73. The van der Waals surface area contributed by atoms with Crippen LogP contribution in [-0.2, 0) is 4.79 Å². The Morgan fingerprint density at radius 2 is 2.06 bits per heavy atom. The number of hydrogen-bond acceptors (Lipinski definition) is 2. The quantitative estimate of drug-likeness (QED) is 0.907. The topological polar surface area (TPSA) is 38.3 Å². The van der Waals surface area contributed by atoms with E-state index >= 15 is 0 Å². The van der Waals surface area contributed by atoms with E-state index in [-0.39, 0.29) is 11.7 Å². The summed E-state index contributed by atoms with van der Waals surface area (Å²) in [6, 6.07) is 9.92. The Balaban J connectivity index is 2.47. The molecule has 0 aliphatic rings. The molecule has 3 nitrogen and oxygen atoms in total. The molecule has 0 aromatic heterocycles. The van der Waals surface area contributed by atoms with Crippen LogP contribution in [0.3, 0.4) is 0 Å². The van der Waals surface area contributed by atoms with Crippen molar-refractivity contribution in [2.24, 2.45) is 0 Å². The first-order chi connectivity index (χ1) is 8.56. The number of hydrogen-bond donors (Lipinski definition) is 1. The van der Waals surface area contributed by atoms with Crippen LogP contribution in [-0.4, -0.2) is 12.5 Å². The number of fused-ring (bicyclic) bond motifs is 1. The average Bonchev–Trinajstić information content (AvgIpc) is 2.28. The zero-order valence-electron chi connectivity index (χ0n) is 9.61. The number of carbonyl (C=O) groups is 1. The number of halogens is 2. The highest BCUT2D eigenvalue weighted by Crippen LogP contribution is 2.28. The average molecular weight is 251 g/mol. The fraction of sp³-hybridized carbons (Fsp3) is 0.154. The van der Waals surface area contributed by atoms with Crippen LogP contribution in [0, 0.1) is 0 Å². The Hall–Kier alpha value is -2.17. The van der Waals surface area contributed by atoms with Crippen LogP contribution in [0.5, 0.6) is 5.75 Å². The number of anilines is 1. The van der Waals surface area contributed by atoms with E-state index in [9.17, 15) is 13.6 Å². The van der Waals surface area contributed by atoms with E-state index in [1.165, 1.54) is 19.1 Å². The van der Waals surface area contributed by atoms with Crippen LogP contribution < -0.4 is 10.1 Å². The molecule has 2 aromatic carbocycles. The van der Waals surface area contributed by atoms with E-state index in [2.05, 4.69) is 10.1 Å². The van der Waals surface area contributed by atoms with Gasteiger partial charge in [0.1, 0.15) is 5.75 Å². The van der Waals surface area contributed by atoms with Crippen LogP contribution in [0.15, 0.2) is 36.4 Å². The lowest BCUT2D eigenvalue weighted by Crippen LogP contribution is -2.06. The Morgan fingerprint density at radius 3 is 2.72 bits per heavy atom. The number of nitrogens with one attached hydrogen (secondary N) is 1. The van der Waals surface area contributed by atoms with E-state index in [4.69, 9.17) is 0 Å². The summed E-state index contributed by atoms with van der Waals surface area (Å²) in [5, 5.41) is 4.14. The third-order valence-electron chi connectivity index (χ3n) is 2.39. The molecule has 0 heterocycles. The van der Waals surface area contributed by atoms with Crippen LogP contribution >= 0.6 is 0 Å². The molecule has 2 aromatic rings. The Labute approximate surface area is 102 Å². The summed E-state index contributed by atoms with van der Waals surface area (Å²) in [7, 11) is 0. The molecular formula is C13H11F2NO2. The number of carbonyl (C=O) groups excluding carboxylic acids is 1. The normalized spacial score (nSPS) is 10.7. The van der Waals surface area contributed by atoms with Crippen LogP contribution in [0.2, 0.25) is 0 Å². The Kier molecular flexibility index (Phi) is 3.41. The van der Waals surface area contributed by atoms with Crippen molar-refractivity contribution in [3.05, 3.63) is 36.4 Å². The maximum Gasteiger partial charge on any atom is 0.387 e. The predicted molar refractivity (Wildman–Crippen MR) is 64.9 cm³/mol. The van der Waals surface area contributed by atoms with Crippen molar-refractivity contribution in [1.29, 1.82) is 0 Å². The lowest BCUT2D eigenvalue weighted by molar-refractivity contribution is -0.114. The summed E-state index contributed by atoms with van der Waals surface area (Å²) in [5.74, 6) is -0.155. The largest absolute Gasteiger partial charge is 0.435 e. The highest BCUT2D eigenvalue weighted by molar-refractivity contribution is 6.01. The number of ether oxygens (including phenoxy) is 1. The van der Waals surface area contributed by atoms with Gasteiger partial charge in [-0.25, -0.2) is 0 Å². The second-order valence-electron chi connectivity index (χ2n) is 3.75. The molecule has 0 aliphatic heterocycles. The highest BCUT2D eigenvalue weighted by atomic mass is 19.3. The van der Waals surface area contributed by atoms with Crippen LogP contribution in [0.4, 0.5) is 14.5 Å². The van der Waals surface area contributed by atoms with Gasteiger partial charge in [0.25, 0.3) is 0 Å². The lowest BCUT2D eigenvalue weighted by Gasteiger charge is -2.09. The molecule has 1 amide bonds. The minimum atomic E-state index is -2.87. The third kappa shape index (κ3) is 2.74. The second-order valence-corrected chi connectivity index (χ2v) is 3.75. The first kappa shape index (κ1) is 12.3. The molecule has 0 unspecified atom stereocenters. The van der Waals surface area contributed by atoms with Crippen molar-refractivity contribution in [3.63, 3.8) is 0 Å². The molecule has 2 rings (SSSR count). The monoisotopic (exact) mass is 251 g/mol. The first-order valence-corrected chi connectivity index (χ1v) is 5.31. The van der Waals surface area contributed by atoms with E-state index in [1.807, 2.05) is 6.07 Å². The fourth-order valence-corrected chi connectivity index (χ4v) is 1.73. The number of amides is 1. The van der Waals surface area contributed by atoms with Gasteiger partial charge in [-0.05, 0) is 23.6 Å². The third-order valence-corrected chi connectivity index (χ3v) is 2.39. The zero-order valence-corrected chi connectivity index (χ0v) is 9.61. The molecule has 0 saturated heterocycles.